The van der Waals surface area contributed by atoms with Crippen molar-refractivity contribution in [1.82, 2.24) is 14.2 Å². The molecule has 24 heavy (non-hydrogen) atoms. The number of anilines is 1. The quantitative estimate of drug-likeness (QED) is 0.718. The molecule has 3 rings (SSSR count). The van der Waals surface area contributed by atoms with Gasteiger partial charge in [-0.05, 0) is 24.3 Å². The third-order valence-electron chi connectivity index (χ3n) is 3.16. The topological polar surface area (TPSA) is 68.4 Å². The molecular weight excluding hydrogens is 338 g/mol. The number of para-hydroxylation sites is 1. The number of thioether (sulfide) groups is 1. The fourth-order valence-corrected chi connectivity index (χ4v) is 2.76. The maximum Gasteiger partial charge on any atom is 0.350 e. The Morgan fingerprint density at radius 1 is 1.21 bits per heavy atom. The van der Waals surface area contributed by atoms with Gasteiger partial charge in [-0.25, -0.2) is 9.48 Å². The van der Waals surface area contributed by atoms with Crippen molar-refractivity contribution in [2.24, 2.45) is 0 Å². The van der Waals surface area contributed by atoms with Gasteiger partial charge in [0.05, 0.1) is 5.69 Å². The Balaban J connectivity index is 1.78. The van der Waals surface area contributed by atoms with Crippen LogP contribution in [0.4, 0.5) is 14.5 Å². The number of nitrogens with zero attached hydrogens (tertiary/aromatic N) is 3. The Hall–Kier alpha value is -2.68. The van der Waals surface area contributed by atoms with Crippen LogP contribution in [0.2, 0.25) is 0 Å². The van der Waals surface area contributed by atoms with Crippen molar-refractivity contribution in [2.45, 2.75) is 17.2 Å². The van der Waals surface area contributed by atoms with Gasteiger partial charge in [-0.15, -0.1) is 5.10 Å². The van der Waals surface area contributed by atoms with E-state index in [0.29, 0.717) is 17.4 Å². The van der Waals surface area contributed by atoms with Crippen LogP contribution in [0.3, 0.4) is 0 Å². The number of alkyl halides is 2. The summed E-state index contributed by atoms with van der Waals surface area (Å²) in [7, 11) is 0. The van der Waals surface area contributed by atoms with E-state index < -0.39 is 17.4 Å². The highest BCUT2D eigenvalue weighted by Crippen LogP contribution is 2.31. The fraction of sp³-hybridized carbons (Fsp3) is 0.133. The molecule has 1 amide bonds. The van der Waals surface area contributed by atoms with Crippen molar-refractivity contribution in [1.29, 1.82) is 0 Å². The summed E-state index contributed by atoms with van der Waals surface area (Å²) >= 11 is 0.344. The summed E-state index contributed by atoms with van der Waals surface area (Å²) in [6.45, 7) is -0.311. The molecule has 9 heteroatoms. The summed E-state index contributed by atoms with van der Waals surface area (Å²) in [4.78, 5) is 24.5. The number of hydrogen-bond donors (Lipinski definition) is 1. The molecule has 0 saturated carbocycles. The number of halogens is 2. The second kappa shape index (κ2) is 6.83. The van der Waals surface area contributed by atoms with Crippen molar-refractivity contribution >= 4 is 29.0 Å². The largest absolute Gasteiger partial charge is 0.350 e. The zero-order valence-corrected chi connectivity index (χ0v) is 13.0. The number of pyridine rings is 1. The molecule has 0 atom stereocenters. The first-order valence-electron chi connectivity index (χ1n) is 6.92. The van der Waals surface area contributed by atoms with Gasteiger partial charge in [0.2, 0.25) is 5.91 Å². The van der Waals surface area contributed by atoms with Gasteiger partial charge in [-0.1, -0.05) is 30.0 Å². The average Bonchev–Trinajstić information content (AvgIpc) is 2.85. The lowest BCUT2D eigenvalue weighted by atomic mass is 10.3. The molecule has 0 radical (unpaired) electrons. The Bertz CT molecular complexity index is 938. The van der Waals surface area contributed by atoms with E-state index in [2.05, 4.69) is 10.4 Å². The molecule has 0 aliphatic heterocycles. The normalized spacial score (nSPS) is 11.1. The van der Waals surface area contributed by atoms with Crippen LogP contribution in [0.1, 0.15) is 0 Å². The second-order valence-corrected chi connectivity index (χ2v) is 5.82. The molecule has 2 heterocycles. The highest BCUT2D eigenvalue weighted by molar-refractivity contribution is 7.99. The number of carbonyl (C=O) groups is 1. The molecule has 0 bridgehead atoms. The van der Waals surface area contributed by atoms with Crippen LogP contribution in [0.5, 0.6) is 0 Å². The van der Waals surface area contributed by atoms with Gasteiger partial charge in [0.25, 0.3) is 5.76 Å². The highest BCUT2D eigenvalue weighted by Gasteiger charge is 2.14. The molecule has 0 fully saturated rings. The third kappa shape index (κ3) is 3.46. The average molecular weight is 350 g/mol. The predicted octanol–water partition coefficient (Wildman–Crippen LogP) is 2.45. The Morgan fingerprint density at radius 2 is 1.96 bits per heavy atom. The van der Waals surface area contributed by atoms with E-state index in [-0.39, 0.29) is 17.1 Å². The number of aromatic nitrogens is 3. The minimum absolute atomic E-state index is 0.253. The van der Waals surface area contributed by atoms with Crippen molar-refractivity contribution in [3.8, 4) is 0 Å². The van der Waals surface area contributed by atoms with Gasteiger partial charge in [0, 0.05) is 11.1 Å². The predicted molar refractivity (Wildman–Crippen MR) is 86.4 cm³/mol. The number of nitrogens with one attached hydrogen (secondary N) is 1. The van der Waals surface area contributed by atoms with Gasteiger partial charge in [0.15, 0.2) is 5.65 Å². The lowest BCUT2D eigenvalue weighted by Crippen LogP contribution is -2.28. The summed E-state index contributed by atoms with van der Waals surface area (Å²) < 4.78 is 27.4. The molecule has 6 nitrogen and oxygen atoms in total. The molecule has 0 spiro atoms. The van der Waals surface area contributed by atoms with Crippen LogP contribution in [-0.4, -0.2) is 25.8 Å². The monoisotopic (exact) mass is 350 g/mol. The highest BCUT2D eigenvalue weighted by atomic mass is 32.2. The molecule has 0 unspecified atom stereocenters. The molecule has 0 saturated heterocycles. The van der Waals surface area contributed by atoms with Gasteiger partial charge < -0.3 is 5.32 Å². The SMILES string of the molecule is O=C(Cn1nc2ccccn2c1=O)Nc1ccccc1SC(F)F. The first kappa shape index (κ1) is 16.2. The lowest BCUT2D eigenvalue weighted by Gasteiger charge is -2.09. The number of hydrogen-bond acceptors (Lipinski definition) is 4. The van der Waals surface area contributed by atoms with E-state index in [1.54, 1.807) is 36.5 Å². The van der Waals surface area contributed by atoms with Gasteiger partial charge in [0.1, 0.15) is 6.54 Å². The molecule has 3 aromatic rings. The van der Waals surface area contributed by atoms with Gasteiger partial charge >= 0.3 is 5.69 Å². The molecule has 0 aliphatic rings. The summed E-state index contributed by atoms with van der Waals surface area (Å²) in [5.74, 6) is -3.12. The summed E-state index contributed by atoms with van der Waals surface area (Å²) in [5.41, 5.74) is 0.240. The minimum Gasteiger partial charge on any atom is -0.323 e. The zero-order valence-electron chi connectivity index (χ0n) is 12.2. The van der Waals surface area contributed by atoms with Crippen molar-refractivity contribution in [3.05, 3.63) is 59.1 Å². The van der Waals surface area contributed by atoms with Crippen LogP contribution in [0.15, 0.2) is 58.4 Å². The van der Waals surface area contributed by atoms with E-state index >= 15 is 0 Å². The number of fused-ring (bicyclic) bond motifs is 1. The number of carbonyl (C=O) groups excluding carboxylic acids is 1. The van der Waals surface area contributed by atoms with Crippen LogP contribution in [-0.2, 0) is 11.3 Å². The zero-order chi connectivity index (χ0) is 17.1. The molecule has 1 aromatic carbocycles. The molecule has 124 valence electrons. The first-order chi connectivity index (χ1) is 11.5. The van der Waals surface area contributed by atoms with Crippen molar-refractivity contribution in [2.75, 3.05) is 5.32 Å². The smallest absolute Gasteiger partial charge is 0.323 e. The van der Waals surface area contributed by atoms with Crippen molar-refractivity contribution < 1.29 is 13.6 Å². The second-order valence-electron chi connectivity index (χ2n) is 4.79. The number of amides is 1. The molecule has 2 aromatic heterocycles. The maximum absolute atomic E-state index is 12.5. The molecule has 1 N–H and O–H groups in total. The summed E-state index contributed by atoms with van der Waals surface area (Å²) in [6, 6.07) is 11.3. The van der Waals surface area contributed by atoms with E-state index in [9.17, 15) is 18.4 Å². The van der Waals surface area contributed by atoms with Gasteiger partial charge in [-0.3, -0.25) is 9.20 Å². The van der Waals surface area contributed by atoms with E-state index in [1.807, 2.05) is 0 Å². The van der Waals surface area contributed by atoms with Crippen LogP contribution in [0.25, 0.3) is 5.65 Å². The molecular formula is C15H12F2N4O2S. The van der Waals surface area contributed by atoms with E-state index in [4.69, 9.17) is 0 Å². The first-order valence-corrected chi connectivity index (χ1v) is 7.80. The minimum atomic E-state index is -2.59. The van der Waals surface area contributed by atoms with Gasteiger partial charge in [-0.2, -0.15) is 8.78 Å². The van der Waals surface area contributed by atoms with Crippen LogP contribution >= 0.6 is 11.8 Å². The van der Waals surface area contributed by atoms with E-state index in [1.165, 1.54) is 16.5 Å². The van der Waals surface area contributed by atoms with Crippen molar-refractivity contribution in [3.63, 3.8) is 0 Å². The Morgan fingerprint density at radius 3 is 2.71 bits per heavy atom. The van der Waals surface area contributed by atoms with Crippen LogP contribution in [0, 0.1) is 0 Å². The Kier molecular flexibility index (Phi) is 4.61. The lowest BCUT2D eigenvalue weighted by molar-refractivity contribution is -0.117. The maximum atomic E-state index is 12.5. The number of benzene rings is 1. The fourth-order valence-electron chi connectivity index (χ4n) is 2.17. The number of rotatable bonds is 5. The standard InChI is InChI=1S/C15H12F2N4O2S/c16-14(17)24-11-6-2-1-5-10(11)18-13(22)9-21-15(23)20-8-4-3-7-12(20)19-21/h1-8,14H,9H2,(H,18,22). The summed E-state index contributed by atoms with van der Waals surface area (Å²) in [6.07, 6.45) is 1.55. The third-order valence-corrected chi connectivity index (χ3v) is 3.95. The molecule has 0 aliphatic carbocycles. The Labute approximate surface area is 139 Å². The summed E-state index contributed by atoms with van der Waals surface area (Å²) in [5, 5.41) is 6.58. The van der Waals surface area contributed by atoms with Crippen LogP contribution < -0.4 is 11.0 Å². The van der Waals surface area contributed by atoms with E-state index in [0.717, 1.165) is 4.68 Å².